The quantitative estimate of drug-likeness (QED) is 0.915. The molecule has 1 atom stereocenters. The molecule has 1 amide bonds. The first-order valence-corrected chi connectivity index (χ1v) is 7.03. The molecule has 1 unspecified atom stereocenters. The molecule has 0 aliphatic carbocycles. The summed E-state index contributed by atoms with van der Waals surface area (Å²) in [7, 11) is 1.88. The predicted molar refractivity (Wildman–Crippen MR) is 77.2 cm³/mol. The van der Waals surface area contributed by atoms with Gasteiger partial charge in [-0.05, 0) is 24.6 Å². The second-order valence-corrected chi connectivity index (χ2v) is 5.16. The van der Waals surface area contributed by atoms with E-state index in [0.717, 1.165) is 23.4 Å². The first-order valence-electron chi connectivity index (χ1n) is 7.03. The van der Waals surface area contributed by atoms with Crippen LogP contribution in [0.4, 0.5) is 0 Å². The molecule has 0 radical (unpaired) electrons. The van der Waals surface area contributed by atoms with Crippen LogP contribution in [0.1, 0.15) is 12.1 Å². The number of rotatable bonds is 4. The Hall–Kier alpha value is -2.21. The first-order chi connectivity index (χ1) is 10.2. The molecular weight excluding hydrogens is 268 g/mol. The van der Waals surface area contributed by atoms with E-state index < -0.39 is 0 Å². The molecule has 0 saturated carbocycles. The molecule has 1 saturated heterocycles. The summed E-state index contributed by atoms with van der Waals surface area (Å²) in [5.41, 5.74) is 2.79. The van der Waals surface area contributed by atoms with Gasteiger partial charge < -0.3 is 10.1 Å². The Morgan fingerprint density at radius 3 is 3.19 bits per heavy atom. The zero-order chi connectivity index (χ0) is 14.7. The van der Waals surface area contributed by atoms with Crippen LogP contribution in [0.15, 0.2) is 30.6 Å². The van der Waals surface area contributed by atoms with Gasteiger partial charge in [0.05, 0.1) is 30.5 Å². The lowest BCUT2D eigenvalue weighted by molar-refractivity contribution is -0.125. The number of nitrogens with one attached hydrogen (secondary N) is 1. The van der Waals surface area contributed by atoms with Gasteiger partial charge in [-0.25, -0.2) is 0 Å². The van der Waals surface area contributed by atoms with Crippen LogP contribution in [-0.4, -0.2) is 33.9 Å². The van der Waals surface area contributed by atoms with E-state index in [-0.39, 0.29) is 11.8 Å². The standard InChI is InChI=1S/C15H18N4O2/c1-19-13(9-17-15(20)12-4-6-21-10-12)7-14(18-19)11-3-2-5-16-8-11/h2-3,5,7-8,12H,4,6,9-10H2,1H3,(H,17,20). The Kier molecular flexibility index (Phi) is 3.96. The lowest BCUT2D eigenvalue weighted by Crippen LogP contribution is -2.31. The largest absolute Gasteiger partial charge is 0.381 e. The molecule has 3 rings (SSSR count). The first kappa shape index (κ1) is 13.8. The summed E-state index contributed by atoms with van der Waals surface area (Å²) in [5.74, 6) is 0.0349. The lowest BCUT2D eigenvalue weighted by atomic mass is 10.1. The third kappa shape index (κ3) is 3.11. The van der Waals surface area contributed by atoms with E-state index in [4.69, 9.17) is 4.74 Å². The van der Waals surface area contributed by atoms with Crippen LogP contribution >= 0.6 is 0 Å². The summed E-state index contributed by atoms with van der Waals surface area (Å²) in [6.45, 7) is 1.67. The minimum atomic E-state index is -0.0176. The van der Waals surface area contributed by atoms with Gasteiger partial charge in [-0.3, -0.25) is 14.5 Å². The molecular formula is C15H18N4O2. The normalized spacial score (nSPS) is 17.9. The number of nitrogens with zero attached hydrogens (tertiary/aromatic N) is 3. The van der Waals surface area contributed by atoms with Gasteiger partial charge >= 0.3 is 0 Å². The topological polar surface area (TPSA) is 69.0 Å². The van der Waals surface area contributed by atoms with Crippen LogP contribution in [-0.2, 0) is 23.1 Å². The van der Waals surface area contributed by atoms with E-state index >= 15 is 0 Å². The van der Waals surface area contributed by atoms with Crippen LogP contribution in [0.25, 0.3) is 11.3 Å². The van der Waals surface area contributed by atoms with Crippen LogP contribution in [0.5, 0.6) is 0 Å². The summed E-state index contributed by atoms with van der Waals surface area (Å²) in [4.78, 5) is 16.1. The fourth-order valence-electron chi connectivity index (χ4n) is 2.39. The molecule has 3 heterocycles. The maximum absolute atomic E-state index is 12.0. The fraction of sp³-hybridized carbons (Fsp3) is 0.400. The third-order valence-corrected chi connectivity index (χ3v) is 3.68. The number of pyridine rings is 1. The van der Waals surface area contributed by atoms with Crippen molar-refractivity contribution >= 4 is 5.91 Å². The molecule has 6 nitrogen and oxygen atoms in total. The van der Waals surface area contributed by atoms with Crippen LogP contribution in [0.2, 0.25) is 0 Å². The van der Waals surface area contributed by atoms with Crippen LogP contribution < -0.4 is 5.32 Å². The van der Waals surface area contributed by atoms with E-state index in [1.165, 1.54) is 0 Å². The van der Waals surface area contributed by atoms with Gasteiger partial charge in [0, 0.05) is 31.6 Å². The van der Waals surface area contributed by atoms with Gasteiger partial charge in [0.2, 0.25) is 5.91 Å². The maximum Gasteiger partial charge on any atom is 0.225 e. The molecule has 0 spiro atoms. The Morgan fingerprint density at radius 1 is 1.57 bits per heavy atom. The molecule has 6 heteroatoms. The van der Waals surface area contributed by atoms with Crippen molar-refractivity contribution in [3.63, 3.8) is 0 Å². The molecule has 1 aliphatic heterocycles. The van der Waals surface area contributed by atoms with Crippen molar-refractivity contribution in [2.45, 2.75) is 13.0 Å². The summed E-state index contributed by atoms with van der Waals surface area (Å²) < 4.78 is 7.02. The summed E-state index contributed by atoms with van der Waals surface area (Å²) in [5, 5.41) is 7.41. The highest BCUT2D eigenvalue weighted by Gasteiger charge is 2.23. The molecule has 2 aromatic heterocycles. The number of aryl methyl sites for hydroxylation is 1. The number of ether oxygens (including phenoxy) is 1. The van der Waals surface area contributed by atoms with Crippen molar-refractivity contribution < 1.29 is 9.53 Å². The number of hydrogen-bond donors (Lipinski definition) is 1. The second kappa shape index (κ2) is 6.05. The van der Waals surface area contributed by atoms with E-state index in [2.05, 4.69) is 15.4 Å². The SMILES string of the molecule is Cn1nc(-c2cccnc2)cc1CNC(=O)C1CCOC1. The maximum atomic E-state index is 12.0. The number of carbonyl (C=O) groups is 1. The average molecular weight is 286 g/mol. The fourth-order valence-corrected chi connectivity index (χ4v) is 2.39. The lowest BCUT2D eigenvalue weighted by Gasteiger charge is -2.09. The Balaban J connectivity index is 1.66. The zero-order valence-electron chi connectivity index (χ0n) is 12.0. The molecule has 21 heavy (non-hydrogen) atoms. The highest BCUT2D eigenvalue weighted by atomic mass is 16.5. The van der Waals surface area contributed by atoms with Gasteiger partial charge in [-0.1, -0.05) is 0 Å². The van der Waals surface area contributed by atoms with Gasteiger partial charge in [-0.15, -0.1) is 0 Å². The van der Waals surface area contributed by atoms with E-state index in [1.54, 1.807) is 17.1 Å². The monoisotopic (exact) mass is 286 g/mol. The average Bonchev–Trinajstić information content (AvgIpc) is 3.16. The Morgan fingerprint density at radius 2 is 2.48 bits per heavy atom. The summed E-state index contributed by atoms with van der Waals surface area (Å²) >= 11 is 0. The molecule has 0 aromatic carbocycles. The van der Waals surface area contributed by atoms with Crippen LogP contribution in [0.3, 0.4) is 0 Å². The molecule has 2 aromatic rings. The molecule has 1 fully saturated rings. The third-order valence-electron chi connectivity index (χ3n) is 3.68. The van der Waals surface area contributed by atoms with Gasteiger partial charge in [-0.2, -0.15) is 5.10 Å². The highest BCUT2D eigenvalue weighted by Crippen LogP contribution is 2.17. The van der Waals surface area contributed by atoms with Gasteiger partial charge in [0.1, 0.15) is 0 Å². The highest BCUT2D eigenvalue weighted by molar-refractivity contribution is 5.79. The number of aromatic nitrogens is 3. The van der Waals surface area contributed by atoms with Gasteiger partial charge in [0.15, 0.2) is 0 Å². The van der Waals surface area contributed by atoms with Crippen molar-refractivity contribution in [3.05, 3.63) is 36.3 Å². The van der Waals surface area contributed by atoms with E-state index in [1.807, 2.05) is 25.2 Å². The minimum absolute atomic E-state index is 0.0176. The summed E-state index contributed by atoms with van der Waals surface area (Å²) in [6.07, 6.45) is 4.32. The van der Waals surface area contributed by atoms with Crippen molar-refractivity contribution in [3.8, 4) is 11.3 Å². The number of hydrogen-bond acceptors (Lipinski definition) is 4. The predicted octanol–water partition coefficient (Wildman–Crippen LogP) is 1.13. The minimum Gasteiger partial charge on any atom is -0.381 e. The molecule has 1 N–H and O–H groups in total. The smallest absolute Gasteiger partial charge is 0.225 e. The zero-order valence-corrected chi connectivity index (χ0v) is 12.0. The molecule has 110 valence electrons. The van der Waals surface area contributed by atoms with Gasteiger partial charge in [0.25, 0.3) is 0 Å². The molecule has 0 bridgehead atoms. The van der Waals surface area contributed by atoms with E-state index in [0.29, 0.717) is 19.8 Å². The Bertz CT molecular complexity index is 618. The number of carbonyl (C=O) groups excluding carboxylic acids is 1. The van der Waals surface area contributed by atoms with E-state index in [9.17, 15) is 4.79 Å². The van der Waals surface area contributed by atoms with Crippen molar-refractivity contribution in [1.29, 1.82) is 0 Å². The van der Waals surface area contributed by atoms with Crippen molar-refractivity contribution in [2.24, 2.45) is 13.0 Å². The summed E-state index contributed by atoms with van der Waals surface area (Å²) in [6, 6.07) is 5.82. The van der Waals surface area contributed by atoms with Crippen molar-refractivity contribution in [1.82, 2.24) is 20.1 Å². The number of amides is 1. The Labute approximate surface area is 123 Å². The van der Waals surface area contributed by atoms with Crippen LogP contribution in [0, 0.1) is 5.92 Å². The molecule has 1 aliphatic rings. The van der Waals surface area contributed by atoms with Crippen molar-refractivity contribution in [2.75, 3.05) is 13.2 Å². The second-order valence-electron chi connectivity index (χ2n) is 5.16.